The third-order valence-electron chi connectivity index (χ3n) is 4.38. The first-order valence-corrected chi connectivity index (χ1v) is 8.14. The molecule has 3 aromatic heterocycles. The van der Waals surface area contributed by atoms with Gasteiger partial charge in [-0.3, -0.25) is 9.78 Å². The second kappa shape index (κ2) is 6.42. The van der Waals surface area contributed by atoms with Gasteiger partial charge in [-0.25, -0.2) is 14.6 Å². The van der Waals surface area contributed by atoms with Crippen LogP contribution in [0.1, 0.15) is 5.56 Å². The lowest BCUT2D eigenvalue weighted by Gasteiger charge is -2.38. The number of amides is 1. The molecule has 0 aromatic carbocycles. The molecule has 9 nitrogen and oxygen atoms in total. The summed E-state index contributed by atoms with van der Waals surface area (Å²) in [5, 5.41) is 11.1. The van der Waals surface area contributed by atoms with Gasteiger partial charge < -0.3 is 10.2 Å². The molecular weight excluding hydrogens is 320 g/mol. The van der Waals surface area contributed by atoms with Crippen LogP contribution in [0.25, 0.3) is 11.2 Å². The Balaban J connectivity index is 1.31. The maximum absolute atomic E-state index is 12.2. The fourth-order valence-electron chi connectivity index (χ4n) is 2.91. The van der Waals surface area contributed by atoms with E-state index in [1.54, 1.807) is 24.1 Å². The summed E-state index contributed by atoms with van der Waals surface area (Å²) in [6, 6.07) is 3.91. The molecule has 0 unspecified atom stereocenters. The van der Waals surface area contributed by atoms with Crippen LogP contribution in [0.2, 0.25) is 0 Å². The smallest absolute Gasteiger partial charge is 0.226 e. The Morgan fingerprint density at radius 1 is 1.28 bits per heavy atom. The lowest BCUT2D eigenvalue weighted by Crippen LogP contribution is -2.54. The molecule has 4 rings (SSSR count). The van der Waals surface area contributed by atoms with Crippen molar-refractivity contribution in [3.05, 3.63) is 36.4 Å². The van der Waals surface area contributed by atoms with Crippen molar-refractivity contribution in [1.82, 2.24) is 35.3 Å². The SMILES string of the molecule is Cn1nnc2c(N3CC(C(=O)NCCc4ccncc4)C3)ncnc21. The first-order chi connectivity index (χ1) is 12.2. The Morgan fingerprint density at radius 3 is 2.88 bits per heavy atom. The molecule has 1 saturated heterocycles. The van der Waals surface area contributed by atoms with Crippen LogP contribution in [-0.4, -0.2) is 55.5 Å². The van der Waals surface area contributed by atoms with Crippen molar-refractivity contribution < 1.29 is 4.79 Å². The minimum absolute atomic E-state index is 0.0286. The number of aryl methyl sites for hydroxylation is 1. The Kier molecular flexibility index (Phi) is 3.96. The van der Waals surface area contributed by atoms with Crippen molar-refractivity contribution in [2.24, 2.45) is 13.0 Å². The molecule has 25 heavy (non-hydrogen) atoms. The van der Waals surface area contributed by atoms with Gasteiger partial charge in [-0.1, -0.05) is 5.21 Å². The van der Waals surface area contributed by atoms with Crippen LogP contribution in [0.15, 0.2) is 30.9 Å². The lowest BCUT2D eigenvalue weighted by molar-refractivity contribution is -0.125. The van der Waals surface area contributed by atoms with E-state index >= 15 is 0 Å². The zero-order valence-corrected chi connectivity index (χ0v) is 13.8. The molecule has 1 N–H and O–H groups in total. The van der Waals surface area contributed by atoms with Gasteiger partial charge in [-0.05, 0) is 24.1 Å². The molecule has 1 aliphatic heterocycles. The van der Waals surface area contributed by atoms with Crippen LogP contribution in [-0.2, 0) is 18.3 Å². The number of nitrogens with zero attached hydrogens (tertiary/aromatic N) is 7. The molecule has 3 aromatic rings. The van der Waals surface area contributed by atoms with E-state index in [9.17, 15) is 4.79 Å². The van der Waals surface area contributed by atoms with E-state index in [2.05, 4.69) is 30.6 Å². The van der Waals surface area contributed by atoms with Crippen LogP contribution in [0.3, 0.4) is 0 Å². The zero-order valence-electron chi connectivity index (χ0n) is 13.8. The van der Waals surface area contributed by atoms with Gasteiger partial charge in [0.2, 0.25) is 5.91 Å². The molecule has 0 atom stereocenters. The number of aromatic nitrogens is 6. The van der Waals surface area contributed by atoms with E-state index in [0.717, 1.165) is 17.8 Å². The largest absolute Gasteiger partial charge is 0.355 e. The van der Waals surface area contributed by atoms with Crippen molar-refractivity contribution >= 4 is 22.9 Å². The Bertz CT molecular complexity index is 888. The van der Waals surface area contributed by atoms with Gasteiger partial charge >= 0.3 is 0 Å². The topological polar surface area (TPSA) is 102 Å². The monoisotopic (exact) mass is 338 g/mol. The quantitative estimate of drug-likeness (QED) is 0.696. The fourth-order valence-corrected chi connectivity index (χ4v) is 2.91. The van der Waals surface area contributed by atoms with Crippen molar-refractivity contribution in [3.8, 4) is 0 Å². The third-order valence-corrected chi connectivity index (χ3v) is 4.38. The highest BCUT2D eigenvalue weighted by molar-refractivity contribution is 5.86. The molecule has 0 saturated carbocycles. The summed E-state index contributed by atoms with van der Waals surface area (Å²) < 4.78 is 1.61. The summed E-state index contributed by atoms with van der Waals surface area (Å²) >= 11 is 0. The van der Waals surface area contributed by atoms with Crippen molar-refractivity contribution in [2.45, 2.75) is 6.42 Å². The number of carbonyl (C=O) groups is 1. The number of fused-ring (bicyclic) bond motifs is 1. The predicted octanol–water partition coefficient (Wildman–Crippen LogP) is -0.0516. The minimum atomic E-state index is -0.0286. The first-order valence-electron chi connectivity index (χ1n) is 8.14. The molecule has 1 aliphatic rings. The fraction of sp³-hybridized carbons (Fsp3) is 0.375. The van der Waals surface area contributed by atoms with Crippen molar-refractivity contribution in [2.75, 3.05) is 24.5 Å². The summed E-state index contributed by atoms with van der Waals surface area (Å²) in [7, 11) is 1.79. The van der Waals surface area contributed by atoms with Crippen LogP contribution >= 0.6 is 0 Å². The Labute approximate surface area is 144 Å². The van der Waals surface area contributed by atoms with E-state index in [0.29, 0.717) is 30.8 Å². The van der Waals surface area contributed by atoms with Crippen LogP contribution in [0, 0.1) is 5.92 Å². The highest BCUT2D eigenvalue weighted by Crippen LogP contribution is 2.27. The van der Waals surface area contributed by atoms with Crippen LogP contribution in [0.4, 0.5) is 5.82 Å². The number of anilines is 1. The van der Waals surface area contributed by atoms with Gasteiger partial charge in [-0.2, -0.15) is 0 Å². The number of carbonyl (C=O) groups excluding carboxylic acids is 1. The number of rotatable bonds is 5. The average molecular weight is 338 g/mol. The predicted molar refractivity (Wildman–Crippen MR) is 90.8 cm³/mol. The molecule has 0 radical (unpaired) electrons. The molecular formula is C16H18N8O. The molecule has 0 spiro atoms. The summed E-state index contributed by atoms with van der Waals surface area (Å²) in [5.41, 5.74) is 2.52. The van der Waals surface area contributed by atoms with Crippen LogP contribution < -0.4 is 10.2 Å². The highest BCUT2D eigenvalue weighted by Gasteiger charge is 2.34. The lowest BCUT2D eigenvalue weighted by atomic mass is 9.99. The molecule has 4 heterocycles. The first kappa shape index (κ1) is 15.4. The molecule has 1 fully saturated rings. The molecule has 0 bridgehead atoms. The Morgan fingerprint density at radius 2 is 2.08 bits per heavy atom. The number of pyridine rings is 1. The maximum Gasteiger partial charge on any atom is 0.226 e. The zero-order chi connectivity index (χ0) is 17.2. The standard InChI is InChI=1S/C16H18N8O/c1-23-14-13(21-22-23)15(20-10-19-14)24-8-12(9-24)16(25)18-7-4-11-2-5-17-6-3-11/h2-3,5-6,10,12H,4,7-9H2,1H3,(H,18,25). The third kappa shape index (κ3) is 3.00. The van der Waals surface area contributed by atoms with E-state index in [1.165, 1.54) is 6.33 Å². The van der Waals surface area contributed by atoms with Gasteiger partial charge in [0.1, 0.15) is 6.33 Å². The molecule has 9 heteroatoms. The minimum Gasteiger partial charge on any atom is -0.355 e. The summed E-state index contributed by atoms with van der Waals surface area (Å²) in [5.74, 6) is 0.785. The van der Waals surface area contributed by atoms with Crippen molar-refractivity contribution in [1.29, 1.82) is 0 Å². The van der Waals surface area contributed by atoms with Crippen LogP contribution in [0.5, 0.6) is 0 Å². The summed E-state index contributed by atoms with van der Waals surface area (Å²) in [4.78, 5) is 26.7. The molecule has 128 valence electrons. The van der Waals surface area contributed by atoms with Gasteiger partial charge in [0.25, 0.3) is 0 Å². The number of nitrogens with one attached hydrogen (secondary N) is 1. The second-order valence-corrected chi connectivity index (χ2v) is 6.08. The van der Waals surface area contributed by atoms with E-state index in [1.807, 2.05) is 17.0 Å². The summed E-state index contributed by atoms with van der Waals surface area (Å²) in [6.45, 7) is 1.88. The second-order valence-electron chi connectivity index (χ2n) is 6.08. The Hall–Kier alpha value is -3.10. The molecule has 1 amide bonds. The van der Waals surface area contributed by atoms with E-state index < -0.39 is 0 Å². The number of hydrogen-bond acceptors (Lipinski definition) is 7. The summed E-state index contributed by atoms with van der Waals surface area (Å²) in [6.07, 6.45) is 5.83. The number of hydrogen-bond donors (Lipinski definition) is 1. The van der Waals surface area contributed by atoms with Crippen molar-refractivity contribution in [3.63, 3.8) is 0 Å². The molecule has 0 aliphatic carbocycles. The average Bonchev–Trinajstić information content (AvgIpc) is 2.97. The van der Waals surface area contributed by atoms with E-state index in [-0.39, 0.29) is 11.8 Å². The van der Waals surface area contributed by atoms with E-state index in [4.69, 9.17) is 0 Å². The highest BCUT2D eigenvalue weighted by atomic mass is 16.2. The normalized spacial score (nSPS) is 14.5. The van der Waals surface area contributed by atoms with Gasteiger partial charge in [0, 0.05) is 39.1 Å². The van der Waals surface area contributed by atoms with Gasteiger partial charge in [-0.15, -0.1) is 5.10 Å². The van der Waals surface area contributed by atoms with Gasteiger partial charge in [0.15, 0.2) is 17.0 Å². The maximum atomic E-state index is 12.2. The van der Waals surface area contributed by atoms with Gasteiger partial charge in [0.05, 0.1) is 5.92 Å².